The highest BCUT2D eigenvalue weighted by molar-refractivity contribution is 5.93. The molecule has 43 heavy (non-hydrogen) atoms. The molecule has 0 aliphatic carbocycles. The van der Waals surface area contributed by atoms with Gasteiger partial charge in [-0.3, -0.25) is 9.88 Å². The zero-order valence-corrected chi connectivity index (χ0v) is 23.9. The Kier molecular flexibility index (Phi) is 7.64. The molecule has 3 aliphatic heterocycles. The van der Waals surface area contributed by atoms with E-state index in [9.17, 15) is 9.18 Å². The lowest BCUT2D eigenvalue weighted by Gasteiger charge is -2.41. The number of carbonyl (C=O) groups excluding carboxylic acids is 1. The van der Waals surface area contributed by atoms with Crippen LogP contribution in [-0.2, 0) is 40.5 Å². The van der Waals surface area contributed by atoms with Crippen LogP contribution in [0.15, 0.2) is 48.8 Å². The number of carbonyl (C=O) groups is 1. The van der Waals surface area contributed by atoms with Crippen LogP contribution in [0, 0.1) is 5.82 Å². The lowest BCUT2D eigenvalue weighted by Crippen LogP contribution is -2.54. The van der Waals surface area contributed by atoms with Crippen LogP contribution in [0.2, 0.25) is 0 Å². The fraction of sp³-hybridized carbons (Fsp3) is 0.419. The molecule has 2 fully saturated rings. The van der Waals surface area contributed by atoms with E-state index >= 15 is 0 Å². The number of pyridine rings is 2. The van der Waals surface area contributed by atoms with Crippen molar-refractivity contribution in [2.24, 2.45) is 0 Å². The van der Waals surface area contributed by atoms with Crippen LogP contribution in [0.1, 0.15) is 33.7 Å². The SMILES string of the molecule is COC(=O)c1ccc2nc(CN3CCN4c5nc(OCc6ccncc6F)ccc5COC[C@H]4C3)n(C[C@@H]3CCO3)c2c1. The number of rotatable bonds is 8. The Labute approximate surface area is 248 Å². The van der Waals surface area contributed by atoms with Crippen molar-refractivity contribution in [1.82, 2.24) is 24.4 Å². The summed E-state index contributed by atoms with van der Waals surface area (Å²) in [7, 11) is 1.39. The van der Waals surface area contributed by atoms with Gasteiger partial charge in [0.2, 0.25) is 5.88 Å². The number of halogens is 1. The molecule has 2 saturated heterocycles. The van der Waals surface area contributed by atoms with Crippen LogP contribution < -0.4 is 9.64 Å². The number of piperazine rings is 1. The first kappa shape index (κ1) is 27.7. The molecule has 2 atom stereocenters. The van der Waals surface area contributed by atoms with Crippen LogP contribution in [0.3, 0.4) is 0 Å². The summed E-state index contributed by atoms with van der Waals surface area (Å²) < 4.78 is 38.9. The lowest BCUT2D eigenvalue weighted by molar-refractivity contribution is -0.0592. The van der Waals surface area contributed by atoms with Gasteiger partial charge in [0.05, 0.1) is 68.4 Å². The highest BCUT2D eigenvalue weighted by Gasteiger charge is 2.33. The summed E-state index contributed by atoms with van der Waals surface area (Å²) in [6.07, 6.45) is 3.87. The van der Waals surface area contributed by atoms with Crippen LogP contribution >= 0.6 is 0 Å². The summed E-state index contributed by atoms with van der Waals surface area (Å²) in [4.78, 5) is 30.5. The third-order valence-electron chi connectivity index (χ3n) is 8.36. The Bertz CT molecular complexity index is 1640. The van der Waals surface area contributed by atoms with E-state index in [0.717, 1.165) is 60.9 Å². The maximum Gasteiger partial charge on any atom is 0.337 e. The molecule has 1 aromatic carbocycles. The van der Waals surface area contributed by atoms with E-state index < -0.39 is 5.82 Å². The monoisotopic (exact) mass is 588 g/mol. The summed E-state index contributed by atoms with van der Waals surface area (Å²) in [5, 5.41) is 0. The van der Waals surface area contributed by atoms with Crippen molar-refractivity contribution < 1.29 is 28.1 Å². The minimum atomic E-state index is -0.403. The molecule has 4 aromatic rings. The first-order valence-corrected chi connectivity index (χ1v) is 14.5. The average Bonchev–Trinajstić information content (AvgIpc) is 3.23. The van der Waals surface area contributed by atoms with Crippen molar-refractivity contribution in [2.75, 3.05) is 44.9 Å². The first-order valence-electron chi connectivity index (χ1n) is 14.5. The van der Waals surface area contributed by atoms with Crippen molar-refractivity contribution in [3.8, 4) is 5.88 Å². The number of fused-ring (bicyclic) bond motifs is 4. The van der Waals surface area contributed by atoms with Gasteiger partial charge >= 0.3 is 5.97 Å². The van der Waals surface area contributed by atoms with Crippen molar-refractivity contribution in [3.05, 3.63) is 77.1 Å². The quantitative estimate of drug-likeness (QED) is 0.285. The zero-order valence-electron chi connectivity index (χ0n) is 23.9. The van der Waals surface area contributed by atoms with Crippen molar-refractivity contribution >= 4 is 22.8 Å². The smallest absolute Gasteiger partial charge is 0.337 e. The van der Waals surface area contributed by atoms with Crippen LogP contribution in [0.25, 0.3) is 11.0 Å². The van der Waals surface area contributed by atoms with Gasteiger partial charge in [-0.15, -0.1) is 0 Å². The Balaban J connectivity index is 1.09. The van der Waals surface area contributed by atoms with Crippen LogP contribution in [-0.4, -0.2) is 82.5 Å². The summed E-state index contributed by atoms with van der Waals surface area (Å²) in [6.45, 7) is 5.55. The Morgan fingerprint density at radius 3 is 2.88 bits per heavy atom. The van der Waals surface area contributed by atoms with Crippen molar-refractivity contribution in [3.63, 3.8) is 0 Å². The van der Waals surface area contributed by atoms with Gasteiger partial charge < -0.3 is 28.4 Å². The predicted molar refractivity (Wildman–Crippen MR) is 154 cm³/mol. The number of anilines is 1. The van der Waals surface area contributed by atoms with E-state index in [2.05, 4.69) is 19.4 Å². The molecule has 0 amide bonds. The number of esters is 1. The van der Waals surface area contributed by atoms with E-state index in [-0.39, 0.29) is 24.7 Å². The molecule has 0 saturated carbocycles. The molecule has 12 heteroatoms. The van der Waals surface area contributed by atoms with E-state index in [1.165, 1.54) is 13.3 Å². The van der Waals surface area contributed by atoms with Gasteiger partial charge in [0.25, 0.3) is 0 Å². The number of benzene rings is 1. The van der Waals surface area contributed by atoms with Gasteiger partial charge in [-0.2, -0.15) is 4.98 Å². The maximum absolute atomic E-state index is 14.0. The van der Waals surface area contributed by atoms with Crippen LogP contribution in [0.5, 0.6) is 5.88 Å². The number of nitrogens with zero attached hydrogens (tertiary/aromatic N) is 6. The zero-order chi connectivity index (χ0) is 29.3. The normalized spacial score (nSPS) is 20.2. The molecule has 0 radical (unpaired) electrons. The largest absolute Gasteiger partial charge is 0.473 e. The third-order valence-corrected chi connectivity index (χ3v) is 8.36. The number of hydrogen-bond acceptors (Lipinski definition) is 10. The predicted octanol–water partition coefficient (Wildman–Crippen LogP) is 3.34. The lowest BCUT2D eigenvalue weighted by atomic mass is 10.1. The Morgan fingerprint density at radius 2 is 2.07 bits per heavy atom. The molecule has 0 N–H and O–H groups in total. The molecule has 0 unspecified atom stereocenters. The second-order valence-corrected chi connectivity index (χ2v) is 11.1. The van der Waals surface area contributed by atoms with Gasteiger partial charge in [-0.25, -0.2) is 14.2 Å². The van der Waals surface area contributed by atoms with Gasteiger partial charge in [0, 0.05) is 49.6 Å². The van der Waals surface area contributed by atoms with E-state index in [4.69, 9.17) is 28.9 Å². The molecule has 0 spiro atoms. The fourth-order valence-corrected chi connectivity index (χ4v) is 5.94. The minimum Gasteiger partial charge on any atom is -0.473 e. The molecular formula is C31H33FN6O5. The van der Waals surface area contributed by atoms with Gasteiger partial charge in [-0.1, -0.05) is 0 Å². The average molecular weight is 589 g/mol. The summed E-state index contributed by atoms with van der Waals surface area (Å²) >= 11 is 0. The van der Waals surface area contributed by atoms with E-state index in [0.29, 0.717) is 43.3 Å². The van der Waals surface area contributed by atoms with Gasteiger partial charge in [-0.05, 0) is 36.8 Å². The fourth-order valence-electron chi connectivity index (χ4n) is 5.94. The second kappa shape index (κ2) is 11.9. The highest BCUT2D eigenvalue weighted by atomic mass is 19.1. The molecule has 224 valence electrons. The summed E-state index contributed by atoms with van der Waals surface area (Å²) in [6, 6.07) is 11.0. The van der Waals surface area contributed by atoms with Gasteiger partial charge in [0.1, 0.15) is 24.1 Å². The first-order chi connectivity index (χ1) is 21.1. The third kappa shape index (κ3) is 5.65. The highest BCUT2D eigenvalue weighted by Crippen LogP contribution is 2.31. The molecule has 3 aliphatic rings. The minimum absolute atomic E-state index is 0.0713. The number of imidazole rings is 1. The second-order valence-electron chi connectivity index (χ2n) is 11.1. The summed E-state index contributed by atoms with van der Waals surface area (Å²) in [5.74, 6) is 1.45. The van der Waals surface area contributed by atoms with Crippen molar-refractivity contribution in [2.45, 2.75) is 44.9 Å². The maximum atomic E-state index is 14.0. The topological polar surface area (TPSA) is 104 Å². The molecule has 7 rings (SSSR count). The number of methoxy groups -OCH3 is 1. The Morgan fingerprint density at radius 1 is 1.16 bits per heavy atom. The molecule has 11 nitrogen and oxygen atoms in total. The molecule has 6 heterocycles. The molecule has 0 bridgehead atoms. The standard InChI is InChI=1S/C31H33FN6O5/c1-40-31(39)20-2-4-26-27(12-20)38(15-24-7-11-42-24)28(34-26)16-36-9-10-37-23(14-36)19-41-17-22-3-5-29(35-30(22)37)43-18-21-6-8-33-13-25(21)32/h2-6,8,12-13,23-24H,7,9-11,14-19H2,1H3/t23-,24+/m1/s1. The van der Waals surface area contributed by atoms with E-state index in [1.54, 1.807) is 24.4 Å². The number of hydrogen-bond donors (Lipinski definition) is 0. The van der Waals surface area contributed by atoms with Crippen molar-refractivity contribution in [1.29, 1.82) is 0 Å². The van der Waals surface area contributed by atoms with Crippen LogP contribution in [0.4, 0.5) is 10.2 Å². The van der Waals surface area contributed by atoms with E-state index in [1.807, 2.05) is 18.2 Å². The van der Waals surface area contributed by atoms with Gasteiger partial charge in [0.15, 0.2) is 0 Å². The molecular weight excluding hydrogens is 555 g/mol. The molecule has 3 aromatic heterocycles. The number of aromatic nitrogens is 4. The summed E-state index contributed by atoms with van der Waals surface area (Å²) in [5.41, 5.74) is 3.68. The number of ether oxygens (including phenoxy) is 4. The Hall–Kier alpha value is -4.13.